The SMILES string of the molecule is CC(=O)N1CCN(c2ccc(NC(=O)[C@H]3C4C(=O)O[C@@H](c5ccccc5)[C@@H](c5ccccc5)N4[C@@H](c4cccc(OCCO)c4)[C@]34C(=O)Nc3ccc(I)cc34)cc2)CC1. The number of rotatable bonds is 9. The number of fused-ring (bicyclic) bond motifs is 3. The number of halogens is 1. The quantitative estimate of drug-likeness (QED) is 0.116. The fourth-order valence-corrected chi connectivity index (χ4v) is 10.2. The smallest absolute Gasteiger partial charge is 0.324 e. The molecule has 0 bridgehead atoms. The van der Waals surface area contributed by atoms with Crippen molar-refractivity contribution in [3.63, 3.8) is 0 Å². The van der Waals surface area contributed by atoms with Crippen molar-refractivity contribution in [2.45, 2.75) is 36.6 Å². The molecule has 5 aromatic rings. The number of benzene rings is 5. The second-order valence-corrected chi connectivity index (χ2v) is 16.8. The van der Waals surface area contributed by atoms with E-state index in [1.54, 1.807) is 13.0 Å². The topological polar surface area (TPSA) is 141 Å². The van der Waals surface area contributed by atoms with Crippen molar-refractivity contribution in [3.05, 3.63) is 153 Å². The molecular weight excluding hydrogens is 873 g/mol. The van der Waals surface area contributed by atoms with Crippen LogP contribution in [0.5, 0.6) is 5.75 Å². The van der Waals surface area contributed by atoms with E-state index in [2.05, 4.69) is 38.1 Å². The summed E-state index contributed by atoms with van der Waals surface area (Å²) < 4.78 is 13.3. The van der Waals surface area contributed by atoms with Gasteiger partial charge in [0, 0.05) is 53.7 Å². The molecule has 0 aliphatic carbocycles. The van der Waals surface area contributed by atoms with Gasteiger partial charge in [0.2, 0.25) is 17.7 Å². The molecule has 3 N–H and O–H groups in total. The minimum atomic E-state index is -1.64. The van der Waals surface area contributed by atoms with Gasteiger partial charge in [-0.2, -0.15) is 0 Å². The fraction of sp³-hybridized carbons (Fsp3) is 0.277. The summed E-state index contributed by atoms with van der Waals surface area (Å²) in [6.07, 6.45) is -0.794. The molecule has 0 aromatic heterocycles. The number of hydrogen-bond donors (Lipinski definition) is 3. The highest BCUT2D eigenvalue weighted by molar-refractivity contribution is 14.1. The van der Waals surface area contributed by atoms with E-state index in [-0.39, 0.29) is 19.1 Å². The third-order valence-corrected chi connectivity index (χ3v) is 13.0. The number of carbonyl (C=O) groups excluding carboxylic acids is 4. The van der Waals surface area contributed by atoms with E-state index < -0.39 is 53.3 Å². The summed E-state index contributed by atoms with van der Waals surface area (Å²) in [5.74, 6) is -2.28. The number of aliphatic hydroxyl groups is 1. The molecule has 1 unspecified atom stereocenters. The molecule has 13 heteroatoms. The van der Waals surface area contributed by atoms with Crippen LogP contribution < -0.4 is 20.3 Å². The number of cyclic esters (lactones) is 1. The summed E-state index contributed by atoms with van der Waals surface area (Å²) >= 11 is 2.22. The Hall–Kier alpha value is -5.77. The van der Waals surface area contributed by atoms with Crippen LogP contribution in [0.4, 0.5) is 17.1 Å². The number of aliphatic hydroxyl groups excluding tert-OH is 1. The summed E-state index contributed by atoms with van der Waals surface area (Å²) in [6, 6.07) is 37.1. The van der Waals surface area contributed by atoms with Crippen LogP contribution in [0.15, 0.2) is 127 Å². The summed E-state index contributed by atoms with van der Waals surface area (Å²) in [5, 5.41) is 15.9. The van der Waals surface area contributed by atoms with Crippen molar-refractivity contribution in [3.8, 4) is 5.75 Å². The molecule has 60 heavy (non-hydrogen) atoms. The molecule has 4 aliphatic rings. The van der Waals surface area contributed by atoms with E-state index in [1.165, 1.54) is 0 Å². The molecule has 5 aromatic carbocycles. The van der Waals surface area contributed by atoms with Crippen LogP contribution in [-0.2, 0) is 29.3 Å². The molecule has 4 aliphatic heterocycles. The van der Waals surface area contributed by atoms with Gasteiger partial charge < -0.3 is 35.0 Å². The molecular formula is C47H44IN5O7. The predicted molar refractivity (Wildman–Crippen MR) is 234 cm³/mol. The number of carbonyl (C=O) groups is 4. The van der Waals surface area contributed by atoms with Crippen molar-refractivity contribution in [1.29, 1.82) is 0 Å². The molecule has 6 atom stereocenters. The zero-order valence-corrected chi connectivity index (χ0v) is 35.0. The molecule has 9 rings (SSSR count). The highest BCUT2D eigenvalue weighted by atomic mass is 127. The van der Waals surface area contributed by atoms with Crippen LogP contribution in [0.1, 0.15) is 47.4 Å². The van der Waals surface area contributed by atoms with Gasteiger partial charge in [0.25, 0.3) is 0 Å². The van der Waals surface area contributed by atoms with Crippen molar-refractivity contribution < 1.29 is 33.8 Å². The van der Waals surface area contributed by atoms with Crippen molar-refractivity contribution in [1.82, 2.24) is 9.80 Å². The Morgan fingerprint density at radius 2 is 1.52 bits per heavy atom. The van der Waals surface area contributed by atoms with Gasteiger partial charge in [-0.3, -0.25) is 24.1 Å². The van der Waals surface area contributed by atoms with Gasteiger partial charge in [0.05, 0.1) is 24.6 Å². The third kappa shape index (κ3) is 6.87. The molecule has 3 saturated heterocycles. The number of esters is 1. The van der Waals surface area contributed by atoms with E-state index in [9.17, 15) is 9.90 Å². The monoisotopic (exact) mass is 917 g/mol. The molecule has 306 valence electrons. The zero-order valence-electron chi connectivity index (χ0n) is 32.9. The lowest BCUT2D eigenvalue weighted by Crippen LogP contribution is -2.53. The first kappa shape index (κ1) is 39.7. The van der Waals surface area contributed by atoms with E-state index >= 15 is 14.4 Å². The van der Waals surface area contributed by atoms with Crippen LogP contribution in [0.3, 0.4) is 0 Å². The second kappa shape index (κ2) is 16.4. The molecule has 3 fully saturated rings. The van der Waals surface area contributed by atoms with Gasteiger partial charge >= 0.3 is 5.97 Å². The Kier molecular flexibility index (Phi) is 10.8. The molecule has 3 amide bonds. The van der Waals surface area contributed by atoms with Gasteiger partial charge in [0.1, 0.15) is 29.9 Å². The number of amides is 3. The number of anilines is 3. The van der Waals surface area contributed by atoms with Crippen LogP contribution in [0.2, 0.25) is 0 Å². The van der Waals surface area contributed by atoms with E-state index in [0.29, 0.717) is 54.4 Å². The van der Waals surface area contributed by atoms with Gasteiger partial charge in [-0.25, -0.2) is 0 Å². The summed E-state index contributed by atoms with van der Waals surface area (Å²) in [6.45, 7) is 4.06. The van der Waals surface area contributed by atoms with E-state index in [1.807, 2.05) is 131 Å². The fourth-order valence-electron chi connectivity index (χ4n) is 9.76. The lowest BCUT2D eigenvalue weighted by molar-refractivity contribution is -0.177. The van der Waals surface area contributed by atoms with Crippen molar-refractivity contribution in [2.24, 2.45) is 5.92 Å². The second-order valence-electron chi connectivity index (χ2n) is 15.6. The minimum absolute atomic E-state index is 0.0562. The highest BCUT2D eigenvalue weighted by Gasteiger charge is 2.74. The Morgan fingerprint density at radius 3 is 2.20 bits per heavy atom. The Bertz CT molecular complexity index is 2430. The van der Waals surface area contributed by atoms with E-state index in [4.69, 9.17) is 9.47 Å². The summed E-state index contributed by atoms with van der Waals surface area (Å²) in [7, 11) is 0. The number of ether oxygens (including phenoxy) is 2. The Balaban J connectivity index is 1.21. The van der Waals surface area contributed by atoms with Crippen LogP contribution in [0, 0.1) is 9.49 Å². The maximum Gasteiger partial charge on any atom is 0.324 e. The summed E-state index contributed by atoms with van der Waals surface area (Å²) in [4.78, 5) is 63.8. The lowest BCUT2D eigenvalue weighted by atomic mass is 9.65. The Labute approximate surface area is 361 Å². The van der Waals surface area contributed by atoms with Crippen LogP contribution in [0.25, 0.3) is 0 Å². The first-order chi connectivity index (χ1) is 29.2. The lowest BCUT2D eigenvalue weighted by Gasteiger charge is -2.46. The first-order valence-corrected chi connectivity index (χ1v) is 21.2. The normalized spacial score (nSPS) is 24.7. The van der Waals surface area contributed by atoms with E-state index in [0.717, 1.165) is 20.4 Å². The number of nitrogens with zero attached hydrogens (tertiary/aromatic N) is 3. The van der Waals surface area contributed by atoms with Gasteiger partial charge in [-0.1, -0.05) is 72.8 Å². The van der Waals surface area contributed by atoms with Crippen LogP contribution in [-0.4, -0.2) is 84.0 Å². The maximum absolute atomic E-state index is 15.5. The number of nitrogens with one attached hydrogen (secondary N) is 2. The van der Waals surface area contributed by atoms with Gasteiger partial charge in [-0.05, 0) is 99.4 Å². The average Bonchev–Trinajstić information content (AvgIpc) is 3.75. The molecule has 4 heterocycles. The Morgan fingerprint density at radius 1 is 0.833 bits per heavy atom. The molecule has 12 nitrogen and oxygen atoms in total. The van der Waals surface area contributed by atoms with Crippen molar-refractivity contribution >= 4 is 63.3 Å². The number of morpholine rings is 1. The molecule has 0 saturated carbocycles. The first-order valence-electron chi connectivity index (χ1n) is 20.1. The minimum Gasteiger partial charge on any atom is -0.491 e. The maximum atomic E-state index is 15.5. The average molecular weight is 918 g/mol. The molecule has 1 spiro atoms. The number of piperazine rings is 1. The summed E-state index contributed by atoms with van der Waals surface area (Å²) in [5.41, 5.74) is 3.26. The third-order valence-electron chi connectivity index (χ3n) is 12.3. The standard InChI is InChI=1S/C47H44IN5O7/c1-29(55)51-21-23-52(24-22-51)35-18-16-34(17-19-35)49-44(56)39-41-45(57)60-42(31-11-6-3-7-12-31)40(30-9-4-2-5-10-30)53(41)43(32-13-8-14-36(27-32)59-26-25-54)47(39)37-28-33(48)15-20-38(37)50-46(47)58/h2-20,27-28,39-43,54H,21-26H2,1H3,(H,49,56)(H,50,58)/t39-,40-,41?,42+,43+,47-/m1/s1. The zero-order chi connectivity index (χ0) is 41.5. The van der Waals surface area contributed by atoms with Gasteiger partial charge in [-0.15, -0.1) is 0 Å². The molecule has 0 radical (unpaired) electrons. The van der Waals surface area contributed by atoms with Gasteiger partial charge in [0.15, 0.2) is 0 Å². The number of hydrogen-bond acceptors (Lipinski definition) is 9. The predicted octanol–water partition coefficient (Wildman–Crippen LogP) is 6.24. The van der Waals surface area contributed by atoms with Crippen molar-refractivity contribution in [2.75, 3.05) is 54.9 Å². The van der Waals surface area contributed by atoms with Crippen LogP contribution >= 0.6 is 22.6 Å². The highest BCUT2D eigenvalue weighted by Crippen LogP contribution is 2.65. The largest absolute Gasteiger partial charge is 0.491 e.